The summed E-state index contributed by atoms with van der Waals surface area (Å²) in [6.07, 6.45) is 2.20. The van der Waals surface area contributed by atoms with Gasteiger partial charge < -0.3 is 4.57 Å². The Morgan fingerprint density at radius 3 is 2.52 bits per heavy atom. The lowest BCUT2D eigenvalue weighted by Gasteiger charge is -2.31. The van der Waals surface area contributed by atoms with Crippen LogP contribution < -0.4 is 0 Å². The van der Waals surface area contributed by atoms with Crippen LogP contribution in [0.3, 0.4) is 0 Å². The van der Waals surface area contributed by atoms with Gasteiger partial charge in [-0.15, -0.1) is 0 Å². The predicted molar refractivity (Wildman–Crippen MR) is 114 cm³/mol. The predicted octanol–water partition coefficient (Wildman–Crippen LogP) is 5.41. The van der Waals surface area contributed by atoms with Crippen molar-refractivity contribution in [2.45, 2.75) is 38.9 Å². The number of benzene rings is 3. The van der Waals surface area contributed by atoms with E-state index < -0.39 is 0 Å². The highest BCUT2D eigenvalue weighted by atomic mass is 15.1. The second kappa shape index (κ2) is 6.54. The zero-order chi connectivity index (χ0) is 18.4. The molecule has 4 aromatic rings. The van der Waals surface area contributed by atoms with Gasteiger partial charge in [-0.05, 0) is 48.4 Å². The van der Waals surface area contributed by atoms with Gasteiger partial charge >= 0.3 is 0 Å². The third-order valence-electron chi connectivity index (χ3n) is 6.33. The van der Waals surface area contributed by atoms with Crippen molar-refractivity contribution in [2.75, 3.05) is 7.05 Å². The molecule has 27 heavy (non-hydrogen) atoms. The topological polar surface area (TPSA) is 8.17 Å². The van der Waals surface area contributed by atoms with Crippen LogP contribution in [0.15, 0.2) is 66.7 Å². The highest BCUT2D eigenvalue weighted by molar-refractivity contribution is 5.87. The van der Waals surface area contributed by atoms with Crippen LogP contribution in [0.25, 0.3) is 21.7 Å². The standard InChI is InChI=1S/C25H26N2/c1-18-16-25-23(17-26(18)2)22-12-5-6-13-24(22)27(25)15-14-20-10-7-9-19-8-3-4-11-21(19)20/h3-13,18H,14-17H2,1-2H3. The van der Waals surface area contributed by atoms with Crippen molar-refractivity contribution in [3.05, 3.63) is 83.6 Å². The molecule has 0 saturated carbocycles. The summed E-state index contributed by atoms with van der Waals surface area (Å²) in [6.45, 7) is 4.44. The van der Waals surface area contributed by atoms with Gasteiger partial charge in [-0.3, -0.25) is 4.90 Å². The third-order valence-corrected chi connectivity index (χ3v) is 6.33. The monoisotopic (exact) mass is 354 g/mol. The SMILES string of the molecule is CC1Cc2c(c3ccccc3n2CCc2cccc3ccccc23)CN1C. The molecule has 2 heterocycles. The minimum atomic E-state index is 0.595. The Hall–Kier alpha value is -2.58. The molecular weight excluding hydrogens is 328 g/mol. The zero-order valence-corrected chi connectivity index (χ0v) is 16.2. The Bertz CT molecular complexity index is 1120. The highest BCUT2D eigenvalue weighted by Crippen LogP contribution is 2.33. The Kier molecular flexibility index (Phi) is 4.02. The number of nitrogens with zero attached hydrogens (tertiary/aromatic N) is 2. The van der Waals surface area contributed by atoms with Gasteiger partial charge in [0.2, 0.25) is 0 Å². The number of aromatic nitrogens is 1. The normalized spacial score (nSPS) is 17.5. The maximum Gasteiger partial charge on any atom is 0.0486 e. The highest BCUT2D eigenvalue weighted by Gasteiger charge is 2.26. The van der Waals surface area contributed by atoms with Crippen LogP contribution in [0, 0.1) is 0 Å². The summed E-state index contributed by atoms with van der Waals surface area (Å²) >= 11 is 0. The van der Waals surface area contributed by atoms with Gasteiger partial charge in [-0.25, -0.2) is 0 Å². The largest absolute Gasteiger partial charge is 0.344 e. The van der Waals surface area contributed by atoms with E-state index in [2.05, 4.69) is 90.2 Å². The number of hydrogen-bond acceptors (Lipinski definition) is 1. The molecule has 0 radical (unpaired) electrons. The zero-order valence-electron chi connectivity index (χ0n) is 16.2. The van der Waals surface area contributed by atoms with E-state index in [9.17, 15) is 0 Å². The number of hydrogen-bond donors (Lipinski definition) is 0. The van der Waals surface area contributed by atoms with Crippen LogP contribution in [-0.2, 0) is 25.9 Å². The molecule has 1 aliphatic heterocycles. The van der Waals surface area contributed by atoms with Crippen molar-refractivity contribution in [2.24, 2.45) is 0 Å². The van der Waals surface area contributed by atoms with E-state index in [0.717, 1.165) is 25.9 Å². The van der Waals surface area contributed by atoms with Crippen molar-refractivity contribution in [3.8, 4) is 0 Å². The van der Waals surface area contributed by atoms with Gasteiger partial charge in [0.1, 0.15) is 0 Å². The second-order valence-electron chi connectivity index (χ2n) is 7.95. The first-order valence-electron chi connectivity index (χ1n) is 9.98. The molecule has 0 aliphatic carbocycles. The van der Waals surface area contributed by atoms with Crippen LogP contribution >= 0.6 is 0 Å². The van der Waals surface area contributed by atoms with E-state index in [0.29, 0.717) is 6.04 Å². The minimum Gasteiger partial charge on any atom is -0.344 e. The van der Waals surface area contributed by atoms with Crippen molar-refractivity contribution >= 4 is 21.7 Å². The van der Waals surface area contributed by atoms with Crippen molar-refractivity contribution in [1.29, 1.82) is 0 Å². The molecule has 1 unspecified atom stereocenters. The summed E-state index contributed by atoms with van der Waals surface area (Å²) in [5.41, 5.74) is 5.91. The molecular formula is C25H26N2. The van der Waals surface area contributed by atoms with Crippen LogP contribution in [-0.4, -0.2) is 22.6 Å². The van der Waals surface area contributed by atoms with E-state index >= 15 is 0 Å². The quantitative estimate of drug-likeness (QED) is 0.477. The number of aryl methyl sites for hydroxylation is 2. The Morgan fingerprint density at radius 1 is 0.889 bits per heavy atom. The first-order valence-corrected chi connectivity index (χ1v) is 9.98. The second-order valence-corrected chi connectivity index (χ2v) is 7.95. The Morgan fingerprint density at radius 2 is 1.63 bits per heavy atom. The van der Waals surface area contributed by atoms with Crippen LogP contribution in [0.2, 0.25) is 0 Å². The average Bonchev–Trinajstić information content (AvgIpc) is 2.99. The van der Waals surface area contributed by atoms with Crippen LogP contribution in [0.1, 0.15) is 23.7 Å². The van der Waals surface area contributed by atoms with Gasteiger partial charge in [-0.1, -0.05) is 60.7 Å². The Balaban J connectivity index is 1.57. The van der Waals surface area contributed by atoms with E-state index in [1.54, 1.807) is 5.69 Å². The fraction of sp³-hybridized carbons (Fsp3) is 0.280. The summed E-state index contributed by atoms with van der Waals surface area (Å²) in [7, 11) is 2.25. The van der Waals surface area contributed by atoms with Crippen LogP contribution in [0.4, 0.5) is 0 Å². The summed E-state index contributed by atoms with van der Waals surface area (Å²) in [4.78, 5) is 2.48. The molecule has 5 rings (SSSR count). The number of para-hydroxylation sites is 1. The summed E-state index contributed by atoms with van der Waals surface area (Å²) in [5.74, 6) is 0. The third kappa shape index (κ3) is 2.76. The molecule has 3 aromatic carbocycles. The van der Waals surface area contributed by atoms with Crippen molar-refractivity contribution in [3.63, 3.8) is 0 Å². The lowest BCUT2D eigenvalue weighted by molar-refractivity contribution is 0.228. The molecule has 0 N–H and O–H groups in total. The maximum atomic E-state index is 2.59. The summed E-state index contributed by atoms with van der Waals surface area (Å²) < 4.78 is 2.59. The molecule has 0 amide bonds. The fourth-order valence-electron chi connectivity index (χ4n) is 4.68. The summed E-state index contributed by atoms with van der Waals surface area (Å²) in [5, 5.41) is 4.16. The minimum absolute atomic E-state index is 0.595. The number of likely N-dealkylation sites (N-methyl/N-ethyl adjacent to an activating group) is 1. The molecule has 1 atom stereocenters. The molecule has 0 spiro atoms. The molecule has 1 aliphatic rings. The lowest BCUT2D eigenvalue weighted by Crippen LogP contribution is -2.35. The van der Waals surface area contributed by atoms with E-state index in [-0.39, 0.29) is 0 Å². The molecule has 2 nitrogen and oxygen atoms in total. The van der Waals surface area contributed by atoms with E-state index in [4.69, 9.17) is 0 Å². The van der Waals surface area contributed by atoms with Crippen molar-refractivity contribution in [1.82, 2.24) is 9.47 Å². The number of rotatable bonds is 3. The Labute approximate surface area is 161 Å². The molecule has 0 bridgehead atoms. The molecule has 0 fully saturated rings. The van der Waals surface area contributed by atoms with E-state index in [1.807, 2.05) is 0 Å². The van der Waals surface area contributed by atoms with Crippen molar-refractivity contribution < 1.29 is 0 Å². The van der Waals surface area contributed by atoms with Gasteiger partial charge in [0.05, 0.1) is 0 Å². The fourth-order valence-corrected chi connectivity index (χ4v) is 4.68. The first-order chi connectivity index (χ1) is 13.2. The molecule has 1 aromatic heterocycles. The summed E-state index contributed by atoms with van der Waals surface area (Å²) in [6, 6.07) is 25.0. The van der Waals surface area contributed by atoms with Gasteiger partial charge in [0.15, 0.2) is 0 Å². The number of fused-ring (bicyclic) bond motifs is 4. The molecule has 136 valence electrons. The van der Waals surface area contributed by atoms with Gasteiger partial charge in [0, 0.05) is 42.1 Å². The molecule has 0 saturated heterocycles. The maximum absolute atomic E-state index is 2.59. The first kappa shape index (κ1) is 16.6. The smallest absolute Gasteiger partial charge is 0.0486 e. The molecule has 2 heteroatoms. The lowest BCUT2D eigenvalue weighted by atomic mass is 9.99. The van der Waals surface area contributed by atoms with Crippen LogP contribution in [0.5, 0.6) is 0 Å². The van der Waals surface area contributed by atoms with E-state index in [1.165, 1.54) is 32.8 Å². The average molecular weight is 354 g/mol. The van der Waals surface area contributed by atoms with Gasteiger partial charge in [0.25, 0.3) is 0 Å². The van der Waals surface area contributed by atoms with Gasteiger partial charge in [-0.2, -0.15) is 0 Å².